The van der Waals surface area contributed by atoms with Crippen LogP contribution in [-0.4, -0.2) is 60.8 Å². The van der Waals surface area contributed by atoms with Gasteiger partial charge in [0, 0.05) is 53.8 Å². The molecule has 1 aliphatic heterocycles. The number of morpholine rings is 1. The van der Waals surface area contributed by atoms with Crippen LogP contribution in [0.25, 0.3) is 21.8 Å². The summed E-state index contributed by atoms with van der Waals surface area (Å²) in [4.78, 5) is 21.7. The molecule has 1 N–H and O–H groups in total. The molecule has 36 heavy (non-hydrogen) atoms. The van der Waals surface area contributed by atoms with Gasteiger partial charge in [0.15, 0.2) is 23.1 Å². The fourth-order valence-electron chi connectivity index (χ4n) is 4.35. The molecule has 3 heterocycles. The van der Waals surface area contributed by atoms with Crippen LogP contribution < -0.4 is 14.2 Å². The summed E-state index contributed by atoms with van der Waals surface area (Å²) in [5, 5.41) is 1.14. The number of methoxy groups -OCH3 is 1. The molecule has 0 atom stereocenters. The third kappa shape index (κ3) is 4.92. The molecule has 1 saturated heterocycles. The number of aromatic nitrogens is 2. The highest BCUT2D eigenvalue weighted by Gasteiger charge is 2.18. The molecule has 8 nitrogen and oxygen atoms in total. The Morgan fingerprint density at radius 2 is 1.92 bits per heavy atom. The highest BCUT2D eigenvalue weighted by molar-refractivity contribution is 5.89. The van der Waals surface area contributed by atoms with E-state index in [9.17, 15) is 4.79 Å². The van der Waals surface area contributed by atoms with Crippen LogP contribution >= 0.6 is 0 Å². The minimum Gasteiger partial charge on any atom is -0.493 e. The number of ether oxygens (including phenoxy) is 4. The summed E-state index contributed by atoms with van der Waals surface area (Å²) in [6, 6.07) is 10.4. The molecule has 0 unspecified atom stereocenters. The second kappa shape index (κ2) is 10.4. The van der Waals surface area contributed by atoms with Gasteiger partial charge >= 0.3 is 0 Å². The fraction of sp³-hybridized carbons (Fsp3) is 0.333. The summed E-state index contributed by atoms with van der Waals surface area (Å²) in [7, 11) is 1.55. The van der Waals surface area contributed by atoms with E-state index in [2.05, 4.69) is 9.97 Å². The second-order valence-corrected chi connectivity index (χ2v) is 8.67. The van der Waals surface area contributed by atoms with E-state index in [-0.39, 0.29) is 11.7 Å². The number of fused-ring (bicyclic) bond motifs is 2. The topological polar surface area (TPSA) is 85.9 Å². The van der Waals surface area contributed by atoms with Gasteiger partial charge in [0.1, 0.15) is 5.75 Å². The van der Waals surface area contributed by atoms with Crippen LogP contribution in [0.2, 0.25) is 0 Å². The molecular formula is C27H28FN3O5. The highest BCUT2D eigenvalue weighted by atomic mass is 19.1. The molecule has 0 bridgehead atoms. The monoisotopic (exact) mass is 493 g/mol. The Morgan fingerprint density at radius 3 is 2.72 bits per heavy atom. The summed E-state index contributed by atoms with van der Waals surface area (Å²) < 4.78 is 37.8. The molecule has 188 valence electrons. The van der Waals surface area contributed by atoms with E-state index < -0.39 is 5.82 Å². The minimum absolute atomic E-state index is 0.107. The van der Waals surface area contributed by atoms with Gasteiger partial charge < -0.3 is 28.8 Å². The Morgan fingerprint density at radius 1 is 1.08 bits per heavy atom. The van der Waals surface area contributed by atoms with Gasteiger partial charge in [0.2, 0.25) is 5.91 Å². The number of aromatic amines is 1. The standard InChI is InChI=1S/C27H28FN3O5/c1-17-14-19-20(30-17)5-6-23(27(19)28)36-22-7-8-29-21-16-25(24(33-2)15-18(21)22)35-11-3-4-26(32)31-9-12-34-13-10-31/h5-8,14-16,30H,3-4,9-13H2,1-2H3. The maximum atomic E-state index is 15.1. The molecule has 2 aromatic heterocycles. The molecule has 4 aromatic rings. The van der Waals surface area contributed by atoms with E-state index in [1.807, 2.05) is 11.8 Å². The van der Waals surface area contributed by atoms with Crippen molar-refractivity contribution in [3.05, 3.63) is 54.1 Å². The fourth-order valence-corrected chi connectivity index (χ4v) is 4.35. The van der Waals surface area contributed by atoms with E-state index in [4.69, 9.17) is 18.9 Å². The molecule has 1 fully saturated rings. The highest BCUT2D eigenvalue weighted by Crippen LogP contribution is 2.38. The average molecular weight is 494 g/mol. The second-order valence-electron chi connectivity index (χ2n) is 8.67. The zero-order valence-corrected chi connectivity index (χ0v) is 20.3. The predicted molar refractivity (Wildman–Crippen MR) is 133 cm³/mol. The first kappa shape index (κ1) is 23.9. The number of hydrogen-bond donors (Lipinski definition) is 1. The largest absolute Gasteiger partial charge is 0.493 e. The van der Waals surface area contributed by atoms with Gasteiger partial charge in [-0.25, -0.2) is 4.39 Å². The SMILES string of the molecule is COc1cc2c(Oc3ccc4[nH]c(C)cc4c3F)ccnc2cc1OCCCC(=O)N1CCOCC1. The maximum absolute atomic E-state index is 15.1. The maximum Gasteiger partial charge on any atom is 0.222 e. The number of pyridine rings is 1. The average Bonchev–Trinajstić information content (AvgIpc) is 3.29. The van der Waals surface area contributed by atoms with Crippen molar-refractivity contribution in [2.75, 3.05) is 40.0 Å². The number of halogens is 1. The molecule has 0 saturated carbocycles. The molecule has 5 rings (SSSR count). The normalized spacial score (nSPS) is 13.8. The zero-order chi connectivity index (χ0) is 25.1. The number of aryl methyl sites for hydroxylation is 1. The number of H-pyrrole nitrogens is 1. The third-order valence-electron chi connectivity index (χ3n) is 6.20. The molecule has 9 heteroatoms. The van der Waals surface area contributed by atoms with Crippen LogP contribution in [0.1, 0.15) is 18.5 Å². The van der Waals surface area contributed by atoms with Crippen LogP contribution in [0.15, 0.2) is 42.6 Å². The summed E-state index contributed by atoms with van der Waals surface area (Å²) in [5.74, 6) is 1.27. The van der Waals surface area contributed by atoms with E-state index in [0.717, 1.165) is 5.69 Å². The van der Waals surface area contributed by atoms with Crippen LogP contribution in [0.4, 0.5) is 4.39 Å². The number of nitrogens with one attached hydrogen (secondary N) is 1. The van der Waals surface area contributed by atoms with Crippen LogP contribution in [0.3, 0.4) is 0 Å². The number of carbonyl (C=O) groups excluding carboxylic acids is 1. The molecule has 0 radical (unpaired) electrons. The lowest BCUT2D eigenvalue weighted by atomic mass is 10.1. The van der Waals surface area contributed by atoms with Crippen molar-refractivity contribution in [1.82, 2.24) is 14.9 Å². The van der Waals surface area contributed by atoms with Crippen molar-refractivity contribution >= 4 is 27.7 Å². The van der Waals surface area contributed by atoms with Gasteiger partial charge in [-0.3, -0.25) is 9.78 Å². The molecule has 2 aromatic carbocycles. The number of amides is 1. The summed E-state index contributed by atoms with van der Waals surface area (Å²) >= 11 is 0. The molecule has 0 spiro atoms. The summed E-state index contributed by atoms with van der Waals surface area (Å²) in [5.41, 5.74) is 2.21. The first-order valence-electron chi connectivity index (χ1n) is 11.9. The lowest BCUT2D eigenvalue weighted by Crippen LogP contribution is -2.40. The number of benzene rings is 2. The van der Waals surface area contributed by atoms with E-state index in [1.54, 1.807) is 49.7 Å². The van der Waals surface area contributed by atoms with Crippen molar-refractivity contribution in [2.24, 2.45) is 0 Å². The zero-order valence-electron chi connectivity index (χ0n) is 20.3. The Labute approximate surface area is 207 Å². The number of hydrogen-bond acceptors (Lipinski definition) is 6. The molecule has 1 amide bonds. The number of rotatable bonds is 8. The van der Waals surface area contributed by atoms with Crippen molar-refractivity contribution in [3.8, 4) is 23.0 Å². The van der Waals surface area contributed by atoms with Crippen molar-refractivity contribution in [1.29, 1.82) is 0 Å². The minimum atomic E-state index is -0.430. The van der Waals surface area contributed by atoms with Crippen molar-refractivity contribution in [3.63, 3.8) is 0 Å². The van der Waals surface area contributed by atoms with Gasteiger partial charge in [-0.15, -0.1) is 0 Å². The molecule has 1 aliphatic rings. The van der Waals surface area contributed by atoms with E-state index in [0.29, 0.717) is 84.8 Å². The van der Waals surface area contributed by atoms with Crippen molar-refractivity contribution in [2.45, 2.75) is 19.8 Å². The van der Waals surface area contributed by atoms with Gasteiger partial charge in [0.25, 0.3) is 0 Å². The Balaban J connectivity index is 1.31. The van der Waals surface area contributed by atoms with Gasteiger partial charge in [-0.1, -0.05) is 0 Å². The van der Waals surface area contributed by atoms with Crippen LogP contribution in [0, 0.1) is 12.7 Å². The van der Waals surface area contributed by atoms with Crippen LogP contribution in [0.5, 0.6) is 23.0 Å². The first-order chi connectivity index (χ1) is 17.5. The summed E-state index contributed by atoms with van der Waals surface area (Å²) in [6.45, 7) is 4.68. The summed E-state index contributed by atoms with van der Waals surface area (Å²) in [6.07, 6.45) is 2.59. The Kier molecular flexibility index (Phi) is 6.90. The van der Waals surface area contributed by atoms with Gasteiger partial charge in [0.05, 0.1) is 32.4 Å². The Bertz CT molecular complexity index is 1400. The van der Waals surface area contributed by atoms with Crippen LogP contribution in [-0.2, 0) is 9.53 Å². The number of carbonyl (C=O) groups is 1. The van der Waals surface area contributed by atoms with Crippen molar-refractivity contribution < 1.29 is 28.1 Å². The first-order valence-corrected chi connectivity index (χ1v) is 11.9. The van der Waals surface area contributed by atoms with E-state index in [1.165, 1.54) is 0 Å². The molecular weight excluding hydrogens is 465 g/mol. The number of nitrogens with zero attached hydrogens (tertiary/aromatic N) is 2. The lowest BCUT2D eigenvalue weighted by Gasteiger charge is -2.26. The van der Waals surface area contributed by atoms with Gasteiger partial charge in [-0.05, 0) is 43.7 Å². The van der Waals surface area contributed by atoms with E-state index >= 15 is 4.39 Å². The third-order valence-corrected chi connectivity index (χ3v) is 6.20. The Hall–Kier alpha value is -3.85. The molecule has 0 aliphatic carbocycles. The smallest absolute Gasteiger partial charge is 0.222 e. The predicted octanol–water partition coefficient (Wildman–Crippen LogP) is 4.98. The lowest BCUT2D eigenvalue weighted by molar-refractivity contribution is -0.135. The van der Waals surface area contributed by atoms with Gasteiger partial charge in [-0.2, -0.15) is 0 Å². The quantitative estimate of drug-likeness (QED) is 0.349.